The summed E-state index contributed by atoms with van der Waals surface area (Å²) < 4.78 is 28.6. The highest BCUT2D eigenvalue weighted by molar-refractivity contribution is 7.89. The van der Waals surface area contributed by atoms with Crippen molar-refractivity contribution in [3.63, 3.8) is 0 Å². The number of nitrogens with zero attached hydrogens (tertiary/aromatic N) is 3. The number of para-hydroxylation sites is 1. The van der Waals surface area contributed by atoms with Gasteiger partial charge in [0.2, 0.25) is 16.0 Å². The molecule has 234 valence electrons. The van der Waals surface area contributed by atoms with Crippen LogP contribution in [0.15, 0.2) is 65.6 Å². The van der Waals surface area contributed by atoms with Gasteiger partial charge in [-0.3, -0.25) is 4.90 Å². The van der Waals surface area contributed by atoms with Crippen molar-refractivity contribution >= 4 is 67.2 Å². The molecule has 2 aromatic heterocycles. The molecule has 2 aromatic carbocycles. The summed E-state index contributed by atoms with van der Waals surface area (Å²) in [6.45, 7) is 4.30. The van der Waals surface area contributed by atoms with Crippen LogP contribution in [-0.2, 0) is 16.6 Å². The molecule has 3 heterocycles. The second kappa shape index (κ2) is 14.3. The third kappa shape index (κ3) is 8.02. The van der Waals surface area contributed by atoms with Gasteiger partial charge < -0.3 is 10.6 Å². The number of nitrogens with one attached hydrogen (secondary N) is 3. The maximum Gasteiger partial charge on any atom is 0.242 e. The second-order valence-electron chi connectivity index (χ2n) is 11.9. The van der Waals surface area contributed by atoms with Crippen molar-refractivity contribution < 1.29 is 8.42 Å². The normalized spacial score (nSPS) is 20.1. The Labute approximate surface area is 273 Å². The average Bonchev–Trinajstić information content (AvgIpc) is 3.39. The molecule has 44 heavy (non-hydrogen) atoms. The van der Waals surface area contributed by atoms with Gasteiger partial charge in [0, 0.05) is 44.2 Å². The predicted molar refractivity (Wildman–Crippen MR) is 181 cm³/mol. The Morgan fingerprint density at radius 3 is 2.25 bits per heavy atom. The van der Waals surface area contributed by atoms with Crippen LogP contribution < -0.4 is 15.4 Å². The number of halogens is 2. The number of fused-ring (bicyclic) bond motifs is 1. The molecule has 12 heteroatoms. The van der Waals surface area contributed by atoms with Crippen LogP contribution in [0.5, 0.6) is 0 Å². The van der Waals surface area contributed by atoms with Gasteiger partial charge in [-0.1, -0.05) is 65.7 Å². The topological polar surface area (TPSA) is 99.2 Å². The van der Waals surface area contributed by atoms with Gasteiger partial charge in [0.25, 0.3) is 0 Å². The highest BCUT2D eigenvalue weighted by atomic mass is 35.5. The fourth-order valence-corrected chi connectivity index (χ4v) is 9.49. The molecular formula is C32H38Cl2N6O2S2. The highest BCUT2D eigenvalue weighted by Crippen LogP contribution is 2.35. The number of sulfonamides is 1. The molecule has 2 fully saturated rings. The second-order valence-corrected chi connectivity index (χ2v) is 15.9. The molecule has 0 radical (unpaired) electrons. The fourth-order valence-electron chi connectivity index (χ4n) is 6.23. The van der Waals surface area contributed by atoms with Gasteiger partial charge in [-0.15, -0.1) is 11.3 Å². The van der Waals surface area contributed by atoms with Crippen molar-refractivity contribution in [2.24, 2.45) is 11.8 Å². The maximum absolute atomic E-state index is 12.7. The molecule has 1 aliphatic heterocycles. The van der Waals surface area contributed by atoms with Crippen LogP contribution in [-0.4, -0.2) is 55.5 Å². The minimum absolute atomic E-state index is 0.0600. The van der Waals surface area contributed by atoms with E-state index in [0.717, 1.165) is 92.8 Å². The van der Waals surface area contributed by atoms with Crippen LogP contribution in [0.25, 0.3) is 10.9 Å². The number of aromatic nitrogens is 2. The summed E-state index contributed by atoms with van der Waals surface area (Å²) in [4.78, 5) is 12.3. The molecule has 0 amide bonds. The van der Waals surface area contributed by atoms with E-state index in [0.29, 0.717) is 34.7 Å². The van der Waals surface area contributed by atoms with Gasteiger partial charge in [-0.2, -0.15) is 4.98 Å². The van der Waals surface area contributed by atoms with Gasteiger partial charge in [0.05, 0.1) is 9.85 Å². The van der Waals surface area contributed by atoms with E-state index in [1.165, 1.54) is 11.6 Å². The van der Waals surface area contributed by atoms with E-state index < -0.39 is 10.0 Å². The number of benzene rings is 2. The third-order valence-electron chi connectivity index (χ3n) is 8.77. The summed E-state index contributed by atoms with van der Waals surface area (Å²) in [5.74, 6) is 2.31. The number of piperidine rings is 1. The largest absolute Gasteiger partial charge is 0.367 e. The van der Waals surface area contributed by atoms with Crippen LogP contribution in [0.4, 0.5) is 11.8 Å². The zero-order valence-electron chi connectivity index (χ0n) is 24.5. The molecule has 3 N–H and O–H groups in total. The van der Waals surface area contributed by atoms with E-state index in [9.17, 15) is 8.42 Å². The summed E-state index contributed by atoms with van der Waals surface area (Å²) in [6, 6.07) is 20.6. The molecule has 0 bridgehead atoms. The minimum Gasteiger partial charge on any atom is -0.367 e. The Morgan fingerprint density at radius 1 is 0.864 bits per heavy atom. The van der Waals surface area contributed by atoms with Crippen molar-refractivity contribution in [1.29, 1.82) is 0 Å². The lowest BCUT2D eigenvalue weighted by Gasteiger charge is -2.33. The Kier molecular flexibility index (Phi) is 10.2. The van der Waals surface area contributed by atoms with Gasteiger partial charge in [0.1, 0.15) is 15.0 Å². The lowest BCUT2D eigenvalue weighted by molar-refractivity contribution is 0.211. The standard InChI is InChI=1S/C32H38Cl2N6O2S2/c33-29-18-28(30(34)43-29)44(41,42)36-20-23-12-10-22(11-13-23)19-35-32-38-27-9-5-4-8-26(27)31(39-32)37-25-14-16-40(17-15-25)21-24-6-2-1-3-7-24/h1-9,18,22-23,25,36H,10-17,19-21H2,(H2,35,37,38,39). The van der Waals surface area contributed by atoms with Gasteiger partial charge in [-0.25, -0.2) is 18.1 Å². The zero-order chi connectivity index (χ0) is 30.5. The highest BCUT2D eigenvalue weighted by Gasteiger charge is 2.26. The molecule has 1 saturated heterocycles. The summed E-state index contributed by atoms with van der Waals surface area (Å²) in [5.41, 5.74) is 2.29. The predicted octanol–water partition coefficient (Wildman–Crippen LogP) is 7.27. The van der Waals surface area contributed by atoms with Crippen molar-refractivity contribution in [1.82, 2.24) is 19.6 Å². The van der Waals surface area contributed by atoms with Crippen LogP contribution in [0.3, 0.4) is 0 Å². The van der Waals surface area contributed by atoms with Crippen LogP contribution in [0.1, 0.15) is 44.1 Å². The number of anilines is 2. The molecule has 4 aromatic rings. The lowest BCUT2D eigenvalue weighted by Crippen LogP contribution is -2.38. The number of rotatable bonds is 11. The number of hydrogen-bond donors (Lipinski definition) is 3. The van der Waals surface area contributed by atoms with Gasteiger partial charge >= 0.3 is 0 Å². The first kappa shape index (κ1) is 31.5. The van der Waals surface area contributed by atoms with E-state index in [2.05, 4.69) is 56.7 Å². The van der Waals surface area contributed by atoms with E-state index in [4.69, 9.17) is 33.2 Å². The molecule has 0 atom stereocenters. The average molecular weight is 674 g/mol. The van der Waals surface area contributed by atoms with Gasteiger partial charge in [0.15, 0.2) is 0 Å². The molecule has 1 saturated carbocycles. The first-order valence-corrected chi connectivity index (χ1v) is 18.4. The summed E-state index contributed by atoms with van der Waals surface area (Å²) in [6.07, 6.45) is 6.10. The Bertz CT molecular complexity index is 1650. The zero-order valence-corrected chi connectivity index (χ0v) is 27.7. The van der Waals surface area contributed by atoms with Crippen molar-refractivity contribution in [3.05, 3.63) is 74.9 Å². The molecule has 6 rings (SSSR count). The molecule has 2 aliphatic rings. The summed E-state index contributed by atoms with van der Waals surface area (Å²) >= 11 is 13.1. The van der Waals surface area contributed by atoms with E-state index >= 15 is 0 Å². The molecule has 8 nitrogen and oxygen atoms in total. The Hall–Kier alpha value is -2.47. The lowest BCUT2D eigenvalue weighted by atomic mass is 9.82. The number of hydrogen-bond acceptors (Lipinski definition) is 8. The first-order valence-electron chi connectivity index (χ1n) is 15.3. The summed E-state index contributed by atoms with van der Waals surface area (Å²) in [5, 5.41) is 8.30. The minimum atomic E-state index is -3.67. The quantitative estimate of drug-likeness (QED) is 0.154. The van der Waals surface area contributed by atoms with Crippen LogP contribution in [0, 0.1) is 11.8 Å². The molecular weight excluding hydrogens is 635 g/mol. The van der Waals surface area contributed by atoms with E-state index in [-0.39, 0.29) is 9.23 Å². The number of thiophene rings is 1. The van der Waals surface area contributed by atoms with Gasteiger partial charge in [-0.05, 0) is 74.1 Å². The van der Waals surface area contributed by atoms with Crippen molar-refractivity contribution in [2.45, 2.75) is 56.0 Å². The smallest absolute Gasteiger partial charge is 0.242 e. The first-order chi connectivity index (χ1) is 21.3. The van der Waals surface area contributed by atoms with Crippen LogP contribution in [0.2, 0.25) is 8.67 Å². The molecule has 1 aliphatic carbocycles. The summed E-state index contributed by atoms with van der Waals surface area (Å²) in [7, 11) is -3.67. The molecule has 0 unspecified atom stereocenters. The Balaban J connectivity index is 0.999. The van der Waals surface area contributed by atoms with Crippen molar-refractivity contribution in [2.75, 3.05) is 36.8 Å². The van der Waals surface area contributed by atoms with Crippen molar-refractivity contribution in [3.8, 4) is 0 Å². The molecule has 0 spiro atoms. The SMILES string of the molecule is O=S(=O)(NCC1CCC(CNc2nc(NC3CCN(Cc4ccccc4)CC3)c3ccccc3n2)CC1)c1cc(Cl)sc1Cl. The van der Waals surface area contributed by atoms with E-state index in [1.807, 2.05) is 18.2 Å². The third-order valence-corrected chi connectivity index (χ3v) is 11.9. The fraction of sp³-hybridized carbons (Fsp3) is 0.438. The van der Waals surface area contributed by atoms with E-state index in [1.54, 1.807) is 0 Å². The monoisotopic (exact) mass is 672 g/mol. The maximum atomic E-state index is 12.7. The number of likely N-dealkylation sites (tertiary alicyclic amines) is 1. The van der Waals surface area contributed by atoms with Crippen LogP contribution >= 0.6 is 34.5 Å². The Morgan fingerprint density at radius 2 is 1.55 bits per heavy atom.